The van der Waals surface area contributed by atoms with Crippen molar-refractivity contribution < 1.29 is 14.7 Å². The molecule has 0 atom stereocenters. The summed E-state index contributed by atoms with van der Waals surface area (Å²) >= 11 is 0. The molecular formula is C14H17NO3. The smallest absolute Gasteiger partial charge is 0.219 e. The van der Waals surface area contributed by atoms with Crippen molar-refractivity contribution in [3.8, 4) is 0 Å². The largest absolute Gasteiger partial charge is 0.382 e. The SMILES string of the molecule is CC(=O)N1CCC(O)(C(=O)c2ccccc2)CC1. The fourth-order valence-electron chi connectivity index (χ4n) is 2.28. The van der Waals surface area contributed by atoms with Gasteiger partial charge in [-0.25, -0.2) is 0 Å². The second-order valence-electron chi connectivity index (χ2n) is 4.73. The van der Waals surface area contributed by atoms with Gasteiger partial charge in [-0.15, -0.1) is 0 Å². The van der Waals surface area contributed by atoms with E-state index in [1.54, 1.807) is 29.2 Å². The van der Waals surface area contributed by atoms with Gasteiger partial charge in [0.25, 0.3) is 0 Å². The van der Waals surface area contributed by atoms with Crippen LogP contribution in [0.25, 0.3) is 0 Å². The number of nitrogens with zero attached hydrogens (tertiary/aromatic N) is 1. The van der Waals surface area contributed by atoms with Crippen LogP contribution in [-0.2, 0) is 4.79 Å². The summed E-state index contributed by atoms with van der Waals surface area (Å²) in [5.74, 6) is -0.254. The van der Waals surface area contributed by atoms with E-state index in [1.165, 1.54) is 6.92 Å². The van der Waals surface area contributed by atoms with Gasteiger partial charge in [0.1, 0.15) is 5.60 Å². The lowest BCUT2D eigenvalue weighted by Crippen LogP contribution is -2.50. The van der Waals surface area contributed by atoms with Crippen LogP contribution in [0.2, 0.25) is 0 Å². The first kappa shape index (κ1) is 12.8. The van der Waals surface area contributed by atoms with Crippen molar-refractivity contribution in [2.75, 3.05) is 13.1 Å². The molecule has 2 rings (SSSR count). The molecule has 1 aliphatic rings. The van der Waals surface area contributed by atoms with Gasteiger partial charge in [-0.05, 0) is 0 Å². The van der Waals surface area contributed by atoms with Gasteiger partial charge in [0.05, 0.1) is 0 Å². The molecule has 1 fully saturated rings. The van der Waals surface area contributed by atoms with Gasteiger partial charge in [0, 0.05) is 38.4 Å². The molecule has 0 bridgehead atoms. The van der Waals surface area contributed by atoms with Crippen LogP contribution in [0.3, 0.4) is 0 Å². The van der Waals surface area contributed by atoms with E-state index in [0.717, 1.165) is 0 Å². The Kier molecular flexibility index (Phi) is 3.48. The first-order chi connectivity index (χ1) is 8.53. The maximum Gasteiger partial charge on any atom is 0.219 e. The molecule has 0 unspecified atom stereocenters. The quantitative estimate of drug-likeness (QED) is 0.800. The summed E-state index contributed by atoms with van der Waals surface area (Å²) in [4.78, 5) is 25.1. The van der Waals surface area contributed by atoms with Gasteiger partial charge < -0.3 is 10.0 Å². The number of Topliss-reactive ketones (excluding diaryl/α,β-unsaturated/α-hetero) is 1. The minimum atomic E-state index is -1.33. The number of amides is 1. The number of piperidine rings is 1. The van der Waals surface area contributed by atoms with Gasteiger partial charge in [-0.3, -0.25) is 9.59 Å². The monoisotopic (exact) mass is 247 g/mol. The molecule has 1 heterocycles. The van der Waals surface area contributed by atoms with E-state index in [2.05, 4.69) is 0 Å². The number of benzene rings is 1. The molecule has 0 aromatic heterocycles. The van der Waals surface area contributed by atoms with E-state index < -0.39 is 5.60 Å². The first-order valence-electron chi connectivity index (χ1n) is 6.11. The predicted octanol–water partition coefficient (Wildman–Crippen LogP) is 1.24. The number of carbonyl (C=O) groups is 2. The van der Waals surface area contributed by atoms with Crippen LogP contribution in [0.5, 0.6) is 0 Å². The van der Waals surface area contributed by atoms with E-state index in [1.807, 2.05) is 6.07 Å². The summed E-state index contributed by atoms with van der Waals surface area (Å²) in [7, 11) is 0. The summed E-state index contributed by atoms with van der Waals surface area (Å²) in [6, 6.07) is 8.80. The highest BCUT2D eigenvalue weighted by Crippen LogP contribution is 2.26. The molecule has 4 heteroatoms. The van der Waals surface area contributed by atoms with Crippen molar-refractivity contribution >= 4 is 11.7 Å². The van der Waals surface area contributed by atoms with Gasteiger partial charge in [0.2, 0.25) is 5.91 Å². The molecule has 1 aromatic carbocycles. The zero-order chi connectivity index (χ0) is 13.2. The molecule has 1 amide bonds. The molecule has 1 aromatic rings. The Balaban J connectivity index is 2.10. The minimum absolute atomic E-state index is 0.00999. The van der Waals surface area contributed by atoms with Crippen LogP contribution in [0.1, 0.15) is 30.1 Å². The Morgan fingerprint density at radius 1 is 1.17 bits per heavy atom. The molecule has 1 N–H and O–H groups in total. The standard InChI is InChI=1S/C14H17NO3/c1-11(16)15-9-7-14(18,8-10-15)13(17)12-5-3-2-4-6-12/h2-6,18H,7-10H2,1H3. The highest BCUT2D eigenvalue weighted by atomic mass is 16.3. The Morgan fingerprint density at radius 3 is 2.22 bits per heavy atom. The highest BCUT2D eigenvalue weighted by molar-refractivity contribution is 6.02. The Bertz CT molecular complexity index is 447. The van der Waals surface area contributed by atoms with Crippen molar-refractivity contribution in [2.45, 2.75) is 25.4 Å². The van der Waals surface area contributed by atoms with Crippen LogP contribution in [0.4, 0.5) is 0 Å². The van der Waals surface area contributed by atoms with Crippen molar-refractivity contribution in [3.05, 3.63) is 35.9 Å². The molecule has 0 aliphatic carbocycles. The third-order valence-electron chi connectivity index (χ3n) is 3.49. The zero-order valence-electron chi connectivity index (χ0n) is 10.4. The molecule has 4 nitrogen and oxygen atoms in total. The average Bonchev–Trinajstić information content (AvgIpc) is 2.39. The summed E-state index contributed by atoms with van der Waals surface area (Å²) < 4.78 is 0. The lowest BCUT2D eigenvalue weighted by Gasteiger charge is -2.36. The highest BCUT2D eigenvalue weighted by Gasteiger charge is 2.40. The second kappa shape index (κ2) is 4.90. The fraction of sp³-hybridized carbons (Fsp3) is 0.429. The first-order valence-corrected chi connectivity index (χ1v) is 6.11. The maximum absolute atomic E-state index is 12.2. The third-order valence-corrected chi connectivity index (χ3v) is 3.49. The van der Waals surface area contributed by atoms with Gasteiger partial charge in [-0.2, -0.15) is 0 Å². The Hall–Kier alpha value is -1.68. The van der Waals surface area contributed by atoms with Crippen molar-refractivity contribution in [1.29, 1.82) is 0 Å². The van der Waals surface area contributed by atoms with Crippen LogP contribution >= 0.6 is 0 Å². The fourth-order valence-corrected chi connectivity index (χ4v) is 2.28. The van der Waals surface area contributed by atoms with E-state index >= 15 is 0 Å². The number of hydrogen-bond donors (Lipinski definition) is 1. The van der Waals surface area contributed by atoms with Gasteiger partial charge >= 0.3 is 0 Å². The lowest BCUT2D eigenvalue weighted by molar-refractivity contribution is -0.132. The second-order valence-corrected chi connectivity index (χ2v) is 4.73. The van der Waals surface area contributed by atoms with Crippen molar-refractivity contribution in [1.82, 2.24) is 4.90 Å². The molecule has 18 heavy (non-hydrogen) atoms. The van der Waals surface area contributed by atoms with E-state index in [-0.39, 0.29) is 11.7 Å². The molecule has 1 saturated heterocycles. The van der Waals surface area contributed by atoms with Crippen LogP contribution in [0, 0.1) is 0 Å². The molecule has 1 aliphatic heterocycles. The molecule has 0 radical (unpaired) electrons. The topological polar surface area (TPSA) is 57.6 Å². The molecule has 0 saturated carbocycles. The number of carbonyl (C=O) groups excluding carboxylic acids is 2. The molecular weight excluding hydrogens is 230 g/mol. The van der Waals surface area contributed by atoms with Crippen LogP contribution < -0.4 is 0 Å². The van der Waals surface area contributed by atoms with E-state index in [9.17, 15) is 14.7 Å². The van der Waals surface area contributed by atoms with Gasteiger partial charge in [-0.1, -0.05) is 30.3 Å². The van der Waals surface area contributed by atoms with Crippen LogP contribution in [-0.4, -0.2) is 40.4 Å². The predicted molar refractivity (Wildman–Crippen MR) is 67.2 cm³/mol. The number of hydrogen-bond acceptors (Lipinski definition) is 3. The van der Waals surface area contributed by atoms with E-state index in [0.29, 0.717) is 31.5 Å². The maximum atomic E-state index is 12.2. The minimum Gasteiger partial charge on any atom is -0.382 e. The lowest BCUT2D eigenvalue weighted by atomic mass is 9.84. The third kappa shape index (κ3) is 2.43. The Labute approximate surface area is 106 Å². The van der Waals surface area contributed by atoms with Crippen molar-refractivity contribution in [3.63, 3.8) is 0 Å². The average molecular weight is 247 g/mol. The Morgan fingerprint density at radius 2 is 1.72 bits per heavy atom. The number of likely N-dealkylation sites (tertiary alicyclic amines) is 1. The van der Waals surface area contributed by atoms with Crippen molar-refractivity contribution in [2.24, 2.45) is 0 Å². The van der Waals surface area contributed by atoms with E-state index in [4.69, 9.17) is 0 Å². The number of ketones is 1. The summed E-state index contributed by atoms with van der Waals surface area (Å²) in [5.41, 5.74) is -0.802. The number of aliphatic hydroxyl groups is 1. The van der Waals surface area contributed by atoms with Crippen LogP contribution in [0.15, 0.2) is 30.3 Å². The summed E-state index contributed by atoms with van der Waals surface area (Å²) in [6.07, 6.45) is 0.612. The molecule has 0 spiro atoms. The number of rotatable bonds is 2. The summed E-state index contributed by atoms with van der Waals surface area (Å²) in [6.45, 7) is 2.37. The normalized spacial score (nSPS) is 18.4. The zero-order valence-corrected chi connectivity index (χ0v) is 10.4. The molecule has 96 valence electrons. The van der Waals surface area contributed by atoms with Gasteiger partial charge in [0.15, 0.2) is 5.78 Å². The summed E-state index contributed by atoms with van der Waals surface area (Å²) in [5, 5.41) is 10.4.